The van der Waals surface area contributed by atoms with Gasteiger partial charge in [0.2, 0.25) is 0 Å². The number of benzene rings is 1. The highest BCUT2D eigenvalue weighted by Crippen LogP contribution is 2.28. The normalized spacial score (nSPS) is 19.2. The number of nitrogens with two attached hydrogens (primary N) is 1. The largest absolute Gasteiger partial charge is 0.493 e. The first kappa shape index (κ1) is 16.3. The van der Waals surface area contributed by atoms with Crippen molar-refractivity contribution in [2.45, 2.75) is 51.6 Å². The van der Waals surface area contributed by atoms with Crippen molar-refractivity contribution in [1.29, 1.82) is 0 Å². The maximum atomic E-state index is 10.4. The van der Waals surface area contributed by atoms with Gasteiger partial charge in [0.25, 0.3) is 0 Å². The molecule has 1 fully saturated rings. The minimum atomic E-state index is -0.502. The highest BCUT2D eigenvalue weighted by molar-refractivity contribution is 5.30. The lowest BCUT2D eigenvalue weighted by atomic mass is 9.90. The smallest absolute Gasteiger partial charge is 0.119 e. The van der Waals surface area contributed by atoms with E-state index >= 15 is 0 Å². The van der Waals surface area contributed by atoms with Crippen molar-refractivity contribution in [3.8, 4) is 5.75 Å². The van der Waals surface area contributed by atoms with Crippen molar-refractivity contribution in [3.05, 3.63) is 29.8 Å². The Morgan fingerprint density at radius 1 is 1.29 bits per heavy atom. The predicted molar refractivity (Wildman–Crippen MR) is 86.3 cm³/mol. The van der Waals surface area contributed by atoms with Crippen molar-refractivity contribution in [2.75, 3.05) is 13.2 Å². The number of aliphatic hydroxyl groups excluding tert-OH is 1. The summed E-state index contributed by atoms with van der Waals surface area (Å²) in [6, 6.07) is 7.85. The van der Waals surface area contributed by atoms with Gasteiger partial charge in [-0.05, 0) is 49.4 Å². The van der Waals surface area contributed by atoms with Crippen molar-refractivity contribution in [3.63, 3.8) is 0 Å². The molecule has 0 amide bonds. The van der Waals surface area contributed by atoms with Gasteiger partial charge in [-0.25, -0.2) is 0 Å². The number of aliphatic hydroxyl groups is 1. The third kappa shape index (κ3) is 4.72. The summed E-state index contributed by atoms with van der Waals surface area (Å²) in [6.45, 7) is 3.36. The van der Waals surface area contributed by atoms with E-state index < -0.39 is 6.10 Å². The van der Waals surface area contributed by atoms with Gasteiger partial charge in [0.05, 0.1) is 12.7 Å². The first-order valence-electron chi connectivity index (χ1n) is 8.35. The molecule has 0 bridgehead atoms. The highest BCUT2D eigenvalue weighted by Gasteiger charge is 2.19. The van der Waals surface area contributed by atoms with E-state index in [0.717, 1.165) is 24.3 Å². The minimum Gasteiger partial charge on any atom is -0.493 e. The average Bonchev–Trinajstić information content (AvgIpc) is 2.55. The number of rotatable bonds is 7. The van der Waals surface area contributed by atoms with Gasteiger partial charge in [-0.3, -0.25) is 0 Å². The van der Waals surface area contributed by atoms with Gasteiger partial charge in [-0.1, -0.05) is 38.3 Å². The molecule has 2 unspecified atom stereocenters. The molecule has 2 atom stereocenters. The fourth-order valence-corrected chi connectivity index (χ4v) is 3.15. The van der Waals surface area contributed by atoms with Crippen LogP contribution in [0, 0.1) is 11.8 Å². The maximum absolute atomic E-state index is 10.4. The Balaban J connectivity index is 1.93. The van der Waals surface area contributed by atoms with Gasteiger partial charge in [0.1, 0.15) is 5.75 Å². The molecule has 0 radical (unpaired) electrons. The lowest BCUT2D eigenvalue weighted by Gasteiger charge is -2.23. The third-order valence-corrected chi connectivity index (χ3v) is 4.68. The fourth-order valence-electron chi connectivity index (χ4n) is 3.15. The van der Waals surface area contributed by atoms with Crippen LogP contribution in [0.2, 0.25) is 0 Å². The number of ether oxygens (including phenoxy) is 1. The Bertz CT molecular complexity index is 411. The summed E-state index contributed by atoms with van der Waals surface area (Å²) in [6.07, 6.45) is 6.99. The molecule has 1 aliphatic rings. The van der Waals surface area contributed by atoms with Crippen molar-refractivity contribution >= 4 is 0 Å². The van der Waals surface area contributed by atoms with Crippen molar-refractivity contribution < 1.29 is 9.84 Å². The van der Waals surface area contributed by atoms with Crippen LogP contribution in [0.4, 0.5) is 0 Å². The zero-order valence-electron chi connectivity index (χ0n) is 13.1. The first-order valence-corrected chi connectivity index (χ1v) is 8.35. The van der Waals surface area contributed by atoms with Gasteiger partial charge in [-0.15, -0.1) is 0 Å². The number of hydrogen-bond acceptors (Lipinski definition) is 3. The van der Waals surface area contributed by atoms with E-state index in [4.69, 9.17) is 10.5 Å². The molecule has 1 aromatic rings. The molecule has 0 aliphatic heterocycles. The Morgan fingerprint density at radius 3 is 2.71 bits per heavy atom. The summed E-state index contributed by atoms with van der Waals surface area (Å²) in [5.41, 5.74) is 6.64. The second-order valence-corrected chi connectivity index (χ2v) is 6.24. The molecule has 1 aliphatic carbocycles. The average molecular weight is 291 g/mol. The van der Waals surface area contributed by atoms with E-state index in [0.29, 0.717) is 12.5 Å². The summed E-state index contributed by atoms with van der Waals surface area (Å²) in [7, 11) is 0. The molecule has 21 heavy (non-hydrogen) atoms. The van der Waals surface area contributed by atoms with Crippen LogP contribution in [0.3, 0.4) is 0 Å². The monoisotopic (exact) mass is 291 g/mol. The molecule has 0 heterocycles. The van der Waals surface area contributed by atoms with Crippen LogP contribution in [0.15, 0.2) is 24.3 Å². The van der Waals surface area contributed by atoms with Gasteiger partial charge >= 0.3 is 0 Å². The highest BCUT2D eigenvalue weighted by atomic mass is 16.5. The quantitative estimate of drug-likeness (QED) is 0.806. The van der Waals surface area contributed by atoms with E-state index in [2.05, 4.69) is 6.92 Å². The summed E-state index contributed by atoms with van der Waals surface area (Å²) >= 11 is 0. The van der Waals surface area contributed by atoms with Crippen LogP contribution in [0.5, 0.6) is 5.75 Å². The van der Waals surface area contributed by atoms with Crippen LogP contribution in [-0.4, -0.2) is 18.3 Å². The Hall–Kier alpha value is -1.06. The van der Waals surface area contributed by atoms with E-state index in [1.54, 1.807) is 0 Å². The third-order valence-electron chi connectivity index (χ3n) is 4.68. The fraction of sp³-hybridized carbons (Fsp3) is 0.667. The summed E-state index contributed by atoms with van der Waals surface area (Å²) in [4.78, 5) is 0. The molecule has 1 saturated carbocycles. The standard InChI is InChI=1S/C18H29NO2/c1-2-15(12-19)18(20)16-9-6-10-17(11-16)21-13-14-7-4-3-5-8-14/h6,9-11,14-15,18,20H,2-5,7-8,12-13,19H2,1H3. The molecule has 3 nitrogen and oxygen atoms in total. The zero-order valence-corrected chi connectivity index (χ0v) is 13.1. The predicted octanol–water partition coefficient (Wildman–Crippen LogP) is 3.66. The van der Waals surface area contributed by atoms with E-state index in [1.165, 1.54) is 32.1 Å². The Morgan fingerprint density at radius 2 is 2.05 bits per heavy atom. The molecule has 3 N–H and O–H groups in total. The molecule has 0 aromatic heterocycles. The second kappa shape index (κ2) is 8.40. The number of hydrogen-bond donors (Lipinski definition) is 2. The second-order valence-electron chi connectivity index (χ2n) is 6.24. The SMILES string of the molecule is CCC(CN)C(O)c1cccc(OCC2CCCCC2)c1. The van der Waals surface area contributed by atoms with E-state index in [-0.39, 0.29) is 5.92 Å². The Labute approximate surface area is 128 Å². The van der Waals surface area contributed by atoms with Crippen LogP contribution in [0.25, 0.3) is 0 Å². The van der Waals surface area contributed by atoms with Crippen LogP contribution in [0.1, 0.15) is 57.1 Å². The first-order chi connectivity index (χ1) is 10.2. The van der Waals surface area contributed by atoms with Gasteiger partial charge in [0, 0.05) is 5.92 Å². The van der Waals surface area contributed by atoms with Gasteiger partial charge in [-0.2, -0.15) is 0 Å². The van der Waals surface area contributed by atoms with Crippen LogP contribution in [-0.2, 0) is 0 Å². The molecule has 118 valence electrons. The molecule has 3 heteroatoms. The lowest BCUT2D eigenvalue weighted by molar-refractivity contribution is 0.109. The minimum absolute atomic E-state index is 0.110. The summed E-state index contributed by atoms with van der Waals surface area (Å²) < 4.78 is 5.94. The topological polar surface area (TPSA) is 55.5 Å². The van der Waals surface area contributed by atoms with E-state index in [9.17, 15) is 5.11 Å². The summed E-state index contributed by atoms with van der Waals surface area (Å²) in [5, 5.41) is 10.4. The molecule has 1 aromatic carbocycles. The maximum Gasteiger partial charge on any atom is 0.119 e. The molecule has 0 spiro atoms. The van der Waals surface area contributed by atoms with Crippen LogP contribution >= 0.6 is 0 Å². The molecular formula is C18H29NO2. The zero-order chi connectivity index (χ0) is 15.1. The van der Waals surface area contributed by atoms with Gasteiger partial charge < -0.3 is 15.6 Å². The summed E-state index contributed by atoms with van der Waals surface area (Å²) in [5.74, 6) is 1.67. The van der Waals surface area contributed by atoms with E-state index in [1.807, 2.05) is 24.3 Å². The molecule has 0 saturated heterocycles. The van der Waals surface area contributed by atoms with Crippen LogP contribution < -0.4 is 10.5 Å². The lowest BCUT2D eigenvalue weighted by Crippen LogP contribution is -2.21. The molecule has 2 rings (SSSR count). The Kier molecular flexibility index (Phi) is 6.52. The van der Waals surface area contributed by atoms with Crippen molar-refractivity contribution in [1.82, 2.24) is 0 Å². The van der Waals surface area contributed by atoms with Crippen molar-refractivity contribution in [2.24, 2.45) is 17.6 Å². The molecular weight excluding hydrogens is 262 g/mol. The van der Waals surface area contributed by atoms with Gasteiger partial charge in [0.15, 0.2) is 0 Å².